The van der Waals surface area contributed by atoms with Gasteiger partial charge in [-0.15, -0.1) is 11.3 Å². The van der Waals surface area contributed by atoms with E-state index in [0.717, 1.165) is 21.7 Å². The molecule has 5 nitrogen and oxygen atoms in total. The number of nitrogens with one attached hydrogen (secondary N) is 1. The molecule has 0 aliphatic rings. The third kappa shape index (κ3) is 4.61. The van der Waals surface area contributed by atoms with Gasteiger partial charge in [-0.1, -0.05) is 41.6 Å². The molecular weight excluding hydrogens is 346 g/mol. The van der Waals surface area contributed by atoms with Crippen LogP contribution in [-0.4, -0.2) is 16.0 Å². The van der Waals surface area contributed by atoms with Gasteiger partial charge in [0.2, 0.25) is 5.88 Å². The van der Waals surface area contributed by atoms with E-state index in [0.29, 0.717) is 18.1 Å². The van der Waals surface area contributed by atoms with Crippen molar-refractivity contribution in [3.8, 4) is 5.88 Å². The Labute approximate surface area is 156 Å². The zero-order valence-corrected chi connectivity index (χ0v) is 15.5. The molecule has 0 saturated heterocycles. The van der Waals surface area contributed by atoms with Gasteiger partial charge in [0, 0.05) is 16.6 Å². The Balaban J connectivity index is 1.79. The Hall–Kier alpha value is -2.86. The van der Waals surface area contributed by atoms with Crippen LogP contribution in [0.3, 0.4) is 0 Å². The summed E-state index contributed by atoms with van der Waals surface area (Å²) >= 11 is 1.62. The predicted octanol–water partition coefficient (Wildman–Crippen LogP) is 4.46. The molecule has 0 radical (unpaired) electrons. The Morgan fingerprint density at radius 2 is 2.00 bits per heavy atom. The van der Waals surface area contributed by atoms with Crippen LogP contribution in [0.2, 0.25) is 0 Å². The Morgan fingerprint density at radius 1 is 1.19 bits per heavy atom. The maximum atomic E-state index is 9.59. The minimum atomic E-state index is -0.145. The highest BCUT2D eigenvalue weighted by Crippen LogP contribution is 2.26. The van der Waals surface area contributed by atoms with Gasteiger partial charge in [-0.3, -0.25) is 0 Å². The van der Waals surface area contributed by atoms with Crippen molar-refractivity contribution in [2.45, 2.75) is 26.2 Å². The first-order chi connectivity index (χ1) is 12.7. The van der Waals surface area contributed by atoms with E-state index in [2.05, 4.69) is 27.8 Å². The van der Waals surface area contributed by atoms with Crippen molar-refractivity contribution < 1.29 is 10.0 Å². The van der Waals surface area contributed by atoms with Crippen molar-refractivity contribution >= 4 is 17.2 Å². The summed E-state index contributed by atoms with van der Waals surface area (Å²) in [6.07, 6.45) is 0.692. The van der Waals surface area contributed by atoms with Crippen LogP contribution in [0.4, 0.5) is 0 Å². The second-order valence-electron chi connectivity index (χ2n) is 6.07. The monoisotopic (exact) mass is 367 g/mol. The molecule has 0 fully saturated rings. The molecule has 134 valence electrons. The number of nitrogens with zero attached hydrogens (tertiary/aromatic N) is 2. The number of thiophene rings is 1. The van der Waals surface area contributed by atoms with Crippen LogP contribution in [0.15, 0.2) is 65.1 Å². The molecule has 0 bridgehead atoms. The quantitative estimate of drug-likeness (QED) is 0.292. The predicted molar refractivity (Wildman–Crippen MR) is 104 cm³/mol. The number of hydrogen-bond acceptors (Lipinski definition) is 5. The summed E-state index contributed by atoms with van der Waals surface area (Å²) in [5.41, 5.74) is 5.86. The molecule has 2 aromatic heterocycles. The van der Waals surface area contributed by atoms with Crippen molar-refractivity contribution in [1.29, 1.82) is 0 Å². The number of hydroxylamine groups is 1. The molecule has 6 heteroatoms. The number of hydrogen-bond donors (Lipinski definition) is 2. The molecule has 0 saturated carbocycles. The normalized spacial score (nSPS) is 12.6. The summed E-state index contributed by atoms with van der Waals surface area (Å²) in [4.78, 5) is 11.0. The number of aromatic nitrogens is 1. The molecule has 3 rings (SSSR count). The van der Waals surface area contributed by atoms with Crippen molar-refractivity contribution in [3.63, 3.8) is 0 Å². The first kappa shape index (κ1) is 17.9. The zero-order valence-electron chi connectivity index (χ0n) is 14.7. The van der Waals surface area contributed by atoms with Crippen LogP contribution in [0, 0.1) is 13.8 Å². The smallest absolute Gasteiger partial charge is 0.246 e. The molecule has 26 heavy (non-hydrogen) atoms. The maximum Gasteiger partial charge on any atom is 0.246 e. The fraction of sp³-hybridized carbons (Fsp3) is 0.200. The van der Waals surface area contributed by atoms with Crippen LogP contribution < -0.4 is 10.3 Å². The highest BCUT2D eigenvalue weighted by atomic mass is 32.1. The number of rotatable bonds is 6. The molecule has 0 amide bonds. The van der Waals surface area contributed by atoms with Crippen LogP contribution in [0.25, 0.3) is 0 Å². The molecule has 2 heterocycles. The second kappa shape index (κ2) is 8.49. The largest absolute Gasteiger partial charge is 0.409 e. The van der Waals surface area contributed by atoms with Gasteiger partial charge in [0.05, 0.1) is 5.92 Å². The summed E-state index contributed by atoms with van der Waals surface area (Å²) in [5.74, 6) is 0.638. The molecule has 2 N–H and O–H groups in total. The molecule has 3 aromatic rings. The van der Waals surface area contributed by atoms with Crippen molar-refractivity contribution in [1.82, 2.24) is 10.5 Å². The summed E-state index contributed by atoms with van der Waals surface area (Å²) in [6.45, 7) is 3.89. The average Bonchev–Trinajstić information content (AvgIpc) is 3.15. The van der Waals surface area contributed by atoms with Gasteiger partial charge in [0.15, 0.2) is 5.84 Å². The van der Waals surface area contributed by atoms with Crippen LogP contribution in [0.1, 0.15) is 27.6 Å². The number of aryl methyl sites for hydroxylation is 2. The Bertz CT molecular complexity index is 844. The third-order valence-electron chi connectivity index (χ3n) is 3.94. The molecule has 1 unspecified atom stereocenters. The highest BCUT2D eigenvalue weighted by molar-refractivity contribution is 7.10. The van der Waals surface area contributed by atoms with Gasteiger partial charge >= 0.3 is 0 Å². The Morgan fingerprint density at radius 3 is 2.65 bits per heavy atom. The molecule has 0 aliphatic heterocycles. The fourth-order valence-electron chi connectivity index (χ4n) is 2.79. The third-order valence-corrected chi connectivity index (χ3v) is 4.93. The van der Waals surface area contributed by atoms with E-state index in [1.165, 1.54) is 0 Å². The minimum absolute atomic E-state index is 0.145. The van der Waals surface area contributed by atoms with Crippen molar-refractivity contribution in [2.24, 2.45) is 5.16 Å². The number of pyridine rings is 1. The lowest BCUT2D eigenvalue weighted by Crippen LogP contribution is -2.33. The summed E-state index contributed by atoms with van der Waals surface area (Å²) < 4.78 is 0. The van der Waals surface area contributed by atoms with E-state index in [1.54, 1.807) is 11.3 Å². The topological polar surface area (TPSA) is 66.7 Å². The standard InChI is InChI=1S/C20H21N3O2S/c1-14-11-15(2)21-19(12-14)25-23-20(22-24)17(18-9-6-10-26-18)13-16-7-4-3-5-8-16/h3-12,17,24H,13H2,1-2H3,(H,22,23). The van der Waals surface area contributed by atoms with Crippen LogP contribution in [0.5, 0.6) is 5.88 Å². The number of oxime groups is 1. The van der Waals surface area contributed by atoms with Gasteiger partial charge in [-0.2, -0.15) is 0 Å². The first-order valence-corrected chi connectivity index (χ1v) is 9.21. The highest BCUT2D eigenvalue weighted by Gasteiger charge is 2.22. The Kier molecular flexibility index (Phi) is 5.86. The first-order valence-electron chi connectivity index (χ1n) is 8.33. The molecule has 1 aromatic carbocycles. The van der Waals surface area contributed by atoms with E-state index in [9.17, 15) is 5.21 Å². The summed E-state index contributed by atoms with van der Waals surface area (Å²) in [5, 5.41) is 15.1. The van der Waals surface area contributed by atoms with Gasteiger partial charge in [-0.05, 0) is 48.9 Å². The van der Waals surface area contributed by atoms with Gasteiger partial charge in [-0.25, -0.2) is 10.5 Å². The van der Waals surface area contributed by atoms with Crippen LogP contribution in [-0.2, 0) is 6.42 Å². The van der Waals surface area contributed by atoms with Crippen LogP contribution >= 0.6 is 11.3 Å². The number of benzene rings is 1. The lowest BCUT2D eigenvalue weighted by atomic mass is 9.97. The average molecular weight is 367 g/mol. The van der Waals surface area contributed by atoms with E-state index < -0.39 is 0 Å². The van der Waals surface area contributed by atoms with Gasteiger partial charge in [0.1, 0.15) is 0 Å². The molecular formula is C20H21N3O2S. The van der Waals surface area contributed by atoms with Crippen molar-refractivity contribution in [3.05, 3.63) is 81.7 Å². The van der Waals surface area contributed by atoms with Gasteiger partial charge in [0.25, 0.3) is 0 Å². The summed E-state index contributed by atoms with van der Waals surface area (Å²) in [6, 6.07) is 17.9. The lowest BCUT2D eigenvalue weighted by Gasteiger charge is -2.18. The summed E-state index contributed by atoms with van der Waals surface area (Å²) in [7, 11) is 0. The van der Waals surface area contributed by atoms with Crippen molar-refractivity contribution in [2.75, 3.05) is 0 Å². The number of amidine groups is 1. The van der Waals surface area contributed by atoms with E-state index >= 15 is 0 Å². The lowest BCUT2D eigenvalue weighted by molar-refractivity contribution is 0.232. The molecule has 1 atom stereocenters. The second-order valence-corrected chi connectivity index (χ2v) is 7.05. The molecule has 0 spiro atoms. The van der Waals surface area contributed by atoms with Gasteiger partial charge < -0.3 is 10.0 Å². The van der Waals surface area contributed by atoms with E-state index in [1.807, 2.05) is 61.7 Å². The fourth-order valence-corrected chi connectivity index (χ4v) is 3.62. The SMILES string of the molecule is Cc1cc(C)nc(ONC(=NO)C(Cc2ccccc2)c2cccs2)c1. The van der Waals surface area contributed by atoms with E-state index in [-0.39, 0.29) is 5.92 Å². The maximum absolute atomic E-state index is 9.59. The van der Waals surface area contributed by atoms with E-state index in [4.69, 9.17) is 4.84 Å². The minimum Gasteiger partial charge on any atom is -0.409 e. The molecule has 0 aliphatic carbocycles. The zero-order chi connectivity index (χ0) is 18.4.